The molecule has 0 spiro atoms. The maximum Gasteiger partial charge on any atom is 0.281 e. The molecule has 2 saturated heterocycles. The van der Waals surface area contributed by atoms with E-state index in [0.717, 1.165) is 25.8 Å². The Morgan fingerprint density at radius 2 is 1.76 bits per heavy atom. The van der Waals surface area contributed by atoms with E-state index in [9.17, 15) is 8.42 Å². The minimum atomic E-state index is -3.24. The van der Waals surface area contributed by atoms with Crippen molar-refractivity contribution in [1.29, 1.82) is 0 Å². The van der Waals surface area contributed by atoms with Gasteiger partial charge in [0.1, 0.15) is 0 Å². The van der Waals surface area contributed by atoms with Gasteiger partial charge in [-0.25, -0.2) is 0 Å². The van der Waals surface area contributed by atoms with Crippen LogP contribution >= 0.6 is 0 Å². The lowest BCUT2D eigenvalue weighted by molar-refractivity contribution is 0.248. The summed E-state index contributed by atoms with van der Waals surface area (Å²) >= 11 is 0. The first-order valence-electron chi connectivity index (χ1n) is 8.19. The molecule has 6 heteroatoms. The monoisotopic (exact) mass is 317 g/mol. The van der Waals surface area contributed by atoms with Crippen molar-refractivity contribution in [2.24, 2.45) is 11.3 Å². The molecule has 0 amide bonds. The molecule has 0 aromatic rings. The Labute approximate surface area is 130 Å². The number of hydrogen-bond acceptors (Lipinski definition) is 3. The van der Waals surface area contributed by atoms with E-state index >= 15 is 0 Å². The van der Waals surface area contributed by atoms with E-state index in [4.69, 9.17) is 0 Å². The van der Waals surface area contributed by atoms with Gasteiger partial charge in [0.05, 0.1) is 0 Å². The highest BCUT2D eigenvalue weighted by Crippen LogP contribution is 2.32. The molecule has 2 fully saturated rings. The molecule has 2 aliphatic rings. The second-order valence-corrected chi connectivity index (χ2v) is 9.59. The third-order valence-electron chi connectivity index (χ3n) is 4.68. The molecule has 0 saturated carbocycles. The molecule has 0 bridgehead atoms. The van der Waals surface area contributed by atoms with Gasteiger partial charge in [0.25, 0.3) is 10.2 Å². The molecule has 0 aromatic heterocycles. The fourth-order valence-corrected chi connectivity index (χ4v) is 5.00. The van der Waals surface area contributed by atoms with Crippen LogP contribution < -0.4 is 5.32 Å². The van der Waals surface area contributed by atoms with E-state index in [1.54, 1.807) is 8.61 Å². The first kappa shape index (κ1) is 17.2. The number of rotatable bonds is 5. The van der Waals surface area contributed by atoms with E-state index in [1.807, 2.05) is 0 Å². The molecule has 21 heavy (non-hydrogen) atoms. The van der Waals surface area contributed by atoms with Crippen LogP contribution in [0, 0.1) is 11.3 Å². The predicted octanol–water partition coefficient (Wildman–Crippen LogP) is 1.67. The van der Waals surface area contributed by atoms with Gasteiger partial charge in [-0.1, -0.05) is 27.7 Å². The molecule has 2 heterocycles. The van der Waals surface area contributed by atoms with Crippen LogP contribution in [0.1, 0.15) is 47.0 Å². The summed E-state index contributed by atoms with van der Waals surface area (Å²) in [5.74, 6) is 0.605. The van der Waals surface area contributed by atoms with Gasteiger partial charge in [-0.2, -0.15) is 17.0 Å². The van der Waals surface area contributed by atoms with Crippen molar-refractivity contribution in [3.05, 3.63) is 0 Å². The highest BCUT2D eigenvalue weighted by molar-refractivity contribution is 7.86. The third-order valence-corrected chi connectivity index (χ3v) is 6.67. The summed E-state index contributed by atoms with van der Waals surface area (Å²) in [5.41, 5.74) is 0.118. The average molecular weight is 317 g/mol. The zero-order valence-corrected chi connectivity index (χ0v) is 14.7. The highest BCUT2D eigenvalue weighted by atomic mass is 32.2. The molecule has 2 rings (SSSR count). The van der Waals surface area contributed by atoms with Crippen molar-refractivity contribution < 1.29 is 8.42 Å². The van der Waals surface area contributed by atoms with Gasteiger partial charge in [-0.15, -0.1) is 0 Å². The number of piperidine rings is 1. The maximum atomic E-state index is 12.7. The second kappa shape index (κ2) is 6.52. The van der Waals surface area contributed by atoms with E-state index in [2.05, 4.69) is 33.0 Å². The molecule has 0 radical (unpaired) electrons. The number of hydrogen-bond donors (Lipinski definition) is 1. The summed E-state index contributed by atoms with van der Waals surface area (Å²) in [6, 6.07) is 0.499. The summed E-state index contributed by atoms with van der Waals surface area (Å²) in [6.45, 7) is 12.3. The Kier molecular flexibility index (Phi) is 5.34. The van der Waals surface area contributed by atoms with E-state index in [1.165, 1.54) is 0 Å². The minimum absolute atomic E-state index is 0.118. The lowest BCUT2D eigenvalue weighted by Crippen LogP contribution is -2.47. The van der Waals surface area contributed by atoms with Crippen molar-refractivity contribution in [3.8, 4) is 0 Å². The first-order chi connectivity index (χ1) is 9.71. The summed E-state index contributed by atoms with van der Waals surface area (Å²) in [6.07, 6.45) is 2.90. The van der Waals surface area contributed by atoms with E-state index < -0.39 is 10.2 Å². The van der Waals surface area contributed by atoms with Crippen LogP contribution in [0.5, 0.6) is 0 Å². The Balaban J connectivity index is 1.86. The van der Waals surface area contributed by atoms with Gasteiger partial charge in [-0.05, 0) is 37.1 Å². The van der Waals surface area contributed by atoms with Crippen molar-refractivity contribution in [1.82, 2.24) is 13.9 Å². The predicted molar refractivity (Wildman–Crippen MR) is 86.3 cm³/mol. The molecule has 1 N–H and O–H groups in total. The fraction of sp³-hybridized carbons (Fsp3) is 1.00. The zero-order valence-electron chi connectivity index (χ0n) is 13.9. The van der Waals surface area contributed by atoms with Gasteiger partial charge < -0.3 is 5.32 Å². The number of nitrogens with one attached hydrogen (secondary N) is 1. The lowest BCUT2D eigenvalue weighted by atomic mass is 9.93. The molecular weight excluding hydrogens is 286 g/mol. The lowest BCUT2D eigenvalue weighted by Gasteiger charge is -2.34. The summed E-state index contributed by atoms with van der Waals surface area (Å²) < 4.78 is 28.7. The van der Waals surface area contributed by atoms with Crippen molar-refractivity contribution >= 4 is 10.2 Å². The Bertz CT molecular complexity index is 440. The molecule has 5 nitrogen and oxygen atoms in total. The third kappa shape index (κ3) is 4.41. The van der Waals surface area contributed by atoms with Crippen molar-refractivity contribution in [3.63, 3.8) is 0 Å². The summed E-state index contributed by atoms with van der Waals surface area (Å²) in [7, 11) is -3.24. The Morgan fingerprint density at radius 3 is 2.24 bits per heavy atom. The largest absolute Gasteiger partial charge is 0.314 e. The van der Waals surface area contributed by atoms with Crippen LogP contribution in [0.25, 0.3) is 0 Å². The number of nitrogens with zero attached hydrogens (tertiary/aromatic N) is 2. The molecule has 124 valence electrons. The summed E-state index contributed by atoms with van der Waals surface area (Å²) in [5, 5.41) is 3.46. The molecule has 2 aliphatic heterocycles. The van der Waals surface area contributed by atoms with Crippen molar-refractivity contribution in [2.45, 2.75) is 53.0 Å². The van der Waals surface area contributed by atoms with Gasteiger partial charge in [-0.3, -0.25) is 0 Å². The summed E-state index contributed by atoms with van der Waals surface area (Å²) in [4.78, 5) is 0. The topological polar surface area (TPSA) is 52.7 Å². The van der Waals surface area contributed by atoms with Gasteiger partial charge in [0.2, 0.25) is 0 Å². The van der Waals surface area contributed by atoms with Gasteiger partial charge in [0, 0.05) is 32.2 Å². The Morgan fingerprint density at radius 1 is 1.14 bits per heavy atom. The molecule has 0 atom stereocenters. The smallest absolute Gasteiger partial charge is 0.281 e. The van der Waals surface area contributed by atoms with Crippen LogP contribution in [0.15, 0.2) is 0 Å². The molecule has 0 unspecified atom stereocenters. The first-order valence-corrected chi connectivity index (χ1v) is 9.59. The van der Waals surface area contributed by atoms with E-state index in [-0.39, 0.29) is 5.41 Å². The quantitative estimate of drug-likeness (QED) is 0.839. The Hall–Kier alpha value is -0.170. The van der Waals surface area contributed by atoms with Crippen LogP contribution in [-0.4, -0.2) is 55.8 Å². The normalized spacial score (nSPS) is 25.8. The van der Waals surface area contributed by atoms with Gasteiger partial charge in [0.15, 0.2) is 0 Å². The zero-order chi connectivity index (χ0) is 15.7. The average Bonchev–Trinajstić information content (AvgIpc) is 2.78. The molecule has 0 aliphatic carbocycles. The van der Waals surface area contributed by atoms with Crippen LogP contribution in [-0.2, 0) is 10.2 Å². The van der Waals surface area contributed by atoms with Crippen LogP contribution in [0.4, 0.5) is 0 Å². The minimum Gasteiger partial charge on any atom is -0.314 e. The highest BCUT2D eigenvalue weighted by Gasteiger charge is 2.40. The molecule has 0 aromatic carbocycles. The molecular formula is C15H31N3O2S. The van der Waals surface area contributed by atoms with Gasteiger partial charge >= 0.3 is 0 Å². The van der Waals surface area contributed by atoms with E-state index in [0.29, 0.717) is 38.1 Å². The SMILES string of the molecule is CC(C)NCC1CCN(S(=O)(=O)N2CCC(C)(C)C2)CC1. The maximum absolute atomic E-state index is 12.7. The fourth-order valence-electron chi connectivity index (χ4n) is 3.17. The van der Waals surface area contributed by atoms with Crippen LogP contribution in [0.3, 0.4) is 0 Å². The van der Waals surface area contributed by atoms with Crippen LogP contribution in [0.2, 0.25) is 0 Å². The van der Waals surface area contributed by atoms with Crippen molar-refractivity contribution in [2.75, 3.05) is 32.7 Å². The standard InChI is InChI=1S/C15H31N3O2S/c1-13(2)16-11-14-5-8-17(9-6-14)21(19,20)18-10-7-15(3,4)12-18/h13-14,16H,5-12H2,1-4H3. The second-order valence-electron chi connectivity index (χ2n) is 7.66.